The average molecular weight is 647 g/mol. The van der Waals surface area contributed by atoms with Crippen molar-refractivity contribution in [3.8, 4) is 28.4 Å². The second kappa shape index (κ2) is 14.6. The molecule has 1 aliphatic rings. The summed E-state index contributed by atoms with van der Waals surface area (Å²) in [5.74, 6) is 1.46. The molecule has 0 fully saturated rings. The molecule has 5 aromatic rings. The maximum Gasteiger partial charge on any atom is 0.251 e. The number of carbonyl (C=O) groups is 2. The number of H-pyrrole nitrogens is 1. The summed E-state index contributed by atoms with van der Waals surface area (Å²) in [6, 6.07) is 27.1. The SMILES string of the molecule is CCCCNC(=O)c1ccc2[nH]c3c(c2c1)CC(C(=O)NCc1c(OC)cc(OC)cc1OC)NC3c1ccc(-c2ccccc2)cc1. The van der Waals surface area contributed by atoms with Gasteiger partial charge < -0.3 is 29.8 Å². The van der Waals surface area contributed by atoms with Crippen LogP contribution in [0.25, 0.3) is 22.0 Å². The van der Waals surface area contributed by atoms with Crippen LogP contribution in [0.4, 0.5) is 0 Å². The van der Waals surface area contributed by atoms with E-state index in [0.717, 1.165) is 51.7 Å². The molecule has 2 atom stereocenters. The summed E-state index contributed by atoms with van der Waals surface area (Å²) in [6.45, 7) is 2.93. The van der Waals surface area contributed by atoms with Crippen molar-refractivity contribution in [1.29, 1.82) is 0 Å². The van der Waals surface area contributed by atoms with Crippen molar-refractivity contribution in [2.45, 2.75) is 44.8 Å². The molecule has 6 rings (SSSR count). The molecule has 0 spiro atoms. The Morgan fingerprint density at radius 2 is 1.54 bits per heavy atom. The van der Waals surface area contributed by atoms with Gasteiger partial charge in [-0.1, -0.05) is 67.9 Å². The lowest BCUT2D eigenvalue weighted by Gasteiger charge is -2.31. The zero-order chi connectivity index (χ0) is 33.6. The van der Waals surface area contributed by atoms with Gasteiger partial charge in [-0.2, -0.15) is 0 Å². The number of aromatic amines is 1. The third-order valence-corrected chi connectivity index (χ3v) is 9.01. The van der Waals surface area contributed by atoms with Crippen molar-refractivity contribution in [2.24, 2.45) is 0 Å². The van der Waals surface area contributed by atoms with Crippen molar-refractivity contribution in [3.63, 3.8) is 0 Å². The van der Waals surface area contributed by atoms with Gasteiger partial charge in [-0.05, 0) is 53.3 Å². The number of rotatable bonds is 12. The van der Waals surface area contributed by atoms with Crippen molar-refractivity contribution in [1.82, 2.24) is 20.9 Å². The Balaban J connectivity index is 1.33. The van der Waals surface area contributed by atoms with Crippen LogP contribution >= 0.6 is 0 Å². The molecule has 0 radical (unpaired) electrons. The third-order valence-electron chi connectivity index (χ3n) is 9.01. The van der Waals surface area contributed by atoms with Gasteiger partial charge in [0.2, 0.25) is 5.91 Å². The van der Waals surface area contributed by atoms with Crippen LogP contribution in [0, 0.1) is 0 Å². The molecule has 0 bridgehead atoms. The van der Waals surface area contributed by atoms with E-state index in [1.807, 2.05) is 36.4 Å². The highest BCUT2D eigenvalue weighted by Crippen LogP contribution is 2.37. The van der Waals surface area contributed by atoms with E-state index in [1.165, 1.54) is 0 Å². The summed E-state index contributed by atoms with van der Waals surface area (Å²) in [5, 5.41) is 10.7. The molecule has 0 saturated carbocycles. The second-order valence-electron chi connectivity index (χ2n) is 12.0. The van der Waals surface area contributed by atoms with Crippen LogP contribution in [0.2, 0.25) is 0 Å². The summed E-state index contributed by atoms with van der Waals surface area (Å²) in [4.78, 5) is 30.6. The fourth-order valence-electron chi connectivity index (χ4n) is 6.39. The highest BCUT2D eigenvalue weighted by molar-refractivity contribution is 5.99. The molecule has 2 unspecified atom stereocenters. The minimum Gasteiger partial charge on any atom is -0.496 e. The van der Waals surface area contributed by atoms with Crippen molar-refractivity contribution < 1.29 is 23.8 Å². The molecule has 4 aromatic carbocycles. The monoisotopic (exact) mass is 646 g/mol. The Bertz CT molecular complexity index is 1880. The van der Waals surface area contributed by atoms with Crippen LogP contribution < -0.4 is 30.2 Å². The highest BCUT2D eigenvalue weighted by atomic mass is 16.5. The first-order valence-electron chi connectivity index (χ1n) is 16.3. The van der Waals surface area contributed by atoms with E-state index in [9.17, 15) is 9.59 Å². The molecule has 9 heteroatoms. The number of nitrogens with one attached hydrogen (secondary N) is 4. The summed E-state index contributed by atoms with van der Waals surface area (Å²) in [5.41, 5.74) is 7.52. The van der Waals surface area contributed by atoms with Gasteiger partial charge in [-0.15, -0.1) is 0 Å². The number of unbranched alkanes of at least 4 members (excludes halogenated alkanes) is 1. The number of carbonyl (C=O) groups excluding carboxylic acids is 2. The zero-order valence-corrected chi connectivity index (χ0v) is 27.8. The molecule has 1 aliphatic heterocycles. The highest BCUT2D eigenvalue weighted by Gasteiger charge is 2.34. The van der Waals surface area contributed by atoms with Gasteiger partial charge in [0.15, 0.2) is 0 Å². The van der Waals surface area contributed by atoms with Crippen LogP contribution in [0.15, 0.2) is 84.9 Å². The van der Waals surface area contributed by atoms with Crippen LogP contribution in [0.5, 0.6) is 17.2 Å². The fraction of sp³-hybridized carbons (Fsp3) is 0.282. The first-order chi connectivity index (χ1) is 23.4. The lowest BCUT2D eigenvalue weighted by atomic mass is 9.89. The molecule has 2 amide bonds. The largest absolute Gasteiger partial charge is 0.496 e. The van der Waals surface area contributed by atoms with Gasteiger partial charge in [-0.3, -0.25) is 14.9 Å². The van der Waals surface area contributed by atoms with Crippen LogP contribution in [0.1, 0.15) is 58.5 Å². The molecule has 9 nitrogen and oxygen atoms in total. The van der Waals surface area contributed by atoms with Gasteiger partial charge in [-0.25, -0.2) is 0 Å². The molecule has 2 heterocycles. The predicted octanol–water partition coefficient (Wildman–Crippen LogP) is 6.31. The predicted molar refractivity (Wildman–Crippen MR) is 188 cm³/mol. The van der Waals surface area contributed by atoms with Crippen molar-refractivity contribution >= 4 is 22.7 Å². The van der Waals surface area contributed by atoms with E-state index in [0.29, 0.717) is 41.3 Å². The smallest absolute Gasteiger partial charge is 0.251 e. The van der Waals surface area contributed by atoms with E-state index in [2.05, 4.69) is 64.3 Å². The van der Waals surface area contributed by atoms with E-state index >= 15 is 0 Å². The summed E-state index contributed by atoms with van der Waals surface area (Å²) in [6.07, 6.45) is 2.37. The Morgan fingerprint density at radius 3 is 2.21 bits per heavy atom. The van der Waals surface area contributed by atoms with Gasteiger partial charge >= 0.3 is 0 Å². The standard InChI is InChI=1S/C39H42N4O5/c1-5-6-18-40-38(44)27-16-17-32-29(19-27)30-22-33(39(45)41-23-31-34(47-3)20-28(46-2)21-35(31)48-4)43-36(37(30)42-32)26-14-12-25(13-15-26)24-10-8-7-9-11-24/h7-17,19-21,33,36,42-43H,5-6,18,22-23H2,1-4H3,(H,40,44)(H,41,45). The Kier molecular flexibility index (Phi) is 9.96. The van der Waals surface area contributed by atoms with Crippen LogP contribution in [-0.4, -0.2) is 50.7 Å². The quantitative estimate of drug-likeness (QED) is 0.118. The molecule has 48 heavy (non-hydrogen) atoms. The minimum atomic E-state index is -0.549. The summed E-state index contributed by atoms with van der Waals surface area (Å²) >= 11 is 0. The van der Waals surface area contributed by atoms with Gasteiger partial charge in [0.05, 0.1) is 45.5 Å². The lowest BCUT2D eigenvalue weighted by Crippen LogP contribution is -2.49. The zero-order valence-electron chi connectivity index (χ0n) is 27.8. The summed E-state index contributed by atoms with van der Waals surface area (Å²) < 4.78 is 16.6. The minimum absolute atomic E-state index is 0.0982. The maximum atomic E-state index is 13.9. The van der Waals surface area contributed by atoms with Gasteiger partial charge in [0.25, 0.3) is 5.91 Å². The topological polar surface area (TPSA) is 114 Å². The van der Waals surface area contributed by atoms with E-state index < -0.39 is 6.04 Å². The Hall–Kier alpha value is -5.28. The molecular weight excluding hydrogens is 604 g/mol. The number of ether oxygens (including phenoxy) is 3. The molecule has 4 N–H and O–H groups in total. The molecule has 1 aromatic heterocycles. The van der Waals surface area contributed by atoms with Crippen LogP contribution in [-0.2, 0) is 17.8 Å². The number of hydrogen-bond acceptors (Lipinski definition) is 6. The Labute approximate surface area is 281 Å². The number of methoxy groups -OCH3 is 3. The van der Waals surface area contributed by atoms with Crippen molar-refractivity contribution in [3.05, 3.63) is 113 Å². The first-order valence-corrected chi connectivity index (χ1v) is 16.3. The van der Waals surface area contributed by atoms with E-state index in [4.69, 9.17) is 14.2 Å². The number of amides is 2. The number of benzene rings is 4. The molecular formula is C39H42N4O5. The number of hydrogen-bond donors (Lipinski definition) is 4. The van der Waals surface area contributed by atoms with Crippen molar-refractivity contribution in [2.75, 3.05) is 27.9 Å². The molecule has 0 aliphatic carbocycles. The fourth-order valence-corrected chi connectivity index (χ4v) is 6.39. The van der Waals surface area contributed by atoms with Crippen LogP contribution in [0.3, 0.4) is 0 Å². The normalized spacial score (nSPS) is 15.4. The van der Waals surface area contributed by atoms with E-state index in [1.54, 1.807) is 33.5 Å². The average Bonchev–Trinajstić information content (AvgIpc) is 3.51. The Morgan fingerprint density at radius 1 is 0.833 bits per heavy atom. The van der Waals surface area contributed by atoms with Gasteiger partial charge in [0.1, 0.15) is 17.2 Å². The lowest BCUT2D eigenvalue weighted by molar-refractivity contribution is -0.123. The van der Waals surface area contributed by atoms with Gasteiger partial charge in [0, 0.05) is 40.8 Å². The number of aromatic nitrogens is 1. The molecule has 0 saturated heterocycles. The maximum absolute atomic E-state index is 13.9. The first kappa shape index (κ1) is 32.7. The third kappa shape index (κ3) is 6.73. The second-order valence-corrected chi connectivity index (χ2v) is 12.0. The van der Waals surface area contributed by atoms with E-state index in [-0.39, 0.29) is 24.4 Å². The summed E-state index contributed by atoms with van der Waals surface area (Å²) in [7, 11) is 4.73. The molecule has 248 valence electrons. The number of fused-ring (bicyclic) bond motifs is 3.